The molecule has 3 aromatic rings. The lowest BCUT2D eigenvalue weighted by molar-refractivity contribution is 0.104. The molecule has 0 aliphatic carbocycles. The zero-order chi connectivity index (χ0) is 14.3. The van der Waals surface area contributed by atoms with Crippen LogP contribution in [0, 0.1) is 0 Å². The second kappa shape index (κ2) is 5.24. The average Bonchev–Trinajstić information content (AvgIpc) is 2.84. The SMILES string of the molecule is O=C(c1ccc(Cl)c(Br)c1)c1c[nH]c2ccc(Cl)cc12. The standard InChI is InChI=1S/C15H8BrCl2NO/c16-12-5-8(1-3-13(12)18)15(20)11-7-19-14-4-2-9(17)6-10(11)14/h1-7,19H. The Balaban J connectivity index is 2.12. The zero-order valence-electron chi connectivity index (χ0n) is 10.1. The molecule has 2 aromatic carbocycles. The van der Waals surface area contributed by atoms with Gasteiger partial charge in [0, 0.05) is 37.7 Å². The zero-order valence-corrected chi connectivity index (χ0v) is 13.2. The number of carbonyl (C=O) groups excluding carboxylic acids is 1. The van der Waals surface area contributed by atoms with Crippen LogP contribution < -0.4 is 0 Å². The molecule has 2 nitrogen and oxygen atoms in total. The predicted octanol–water partition coefficient (Wildman–Crippen LogP) is 5.47. The van der Waals surface area contributed by atoms with E-state index >= 15 is 0 Å². The van der Waals surface area contributed by atoms with Crippen LogP contribution >= 0.6 is 39.1 Å². The molecule has 0 saturated heterocycles. The molecule has 5 heteroatoms. The summed E-state index contributed by atoms with van der Waals surface area (Å²) in [5.74, 6) is -0.0733. The van der Waals surface area contributed by atoms with Crippen molar-refractivity contribution in [3.63, 3.8) is 0 Å². The van der Waals surface area contributed by atoms with Gasteiger partial charge in [-0.25, -0.2) is 0 Å². The van der Waals surface area contributed by atoms with Crippen LogP contribution in [-0.2, 0) is 0 Å². The molecule has 0 unspecified atom stereocenters. The number of nitrogens with one attached hydrogen (secondary N) is 1. The summed E-state index contributed by atoms with van der Waals surface area (Å²) in [4.78, 5) is 15.6. The van der Waals surface area contributed by atoms with Crippen molar-refractivity contribution in [2.45, 2.75) is 0 Å². The predicted molar refractivity (Wildman–Crippen MR) is 85.9 cm³/mol. The quantitative estimate of drug-likeness (QED) is 0.598. The van der Waals surface area contributed by atoms with E-state index in [2.05, 4.69) is 20.9 Å². The van der Waals surface area contributed by atoms with Gasteiger partial charge in [-0.1, -0.05) is 23.2 Å². The summed E-state index contributed by atoms with van der Waals surface area (Å²) in [5, 5.41) is 1.99. The van der Waals surface area contributed by atoms with E-state index in [-0.39, 0.29) is 5.78 Å². The third kappa shape index (κ3) is 2.37. The number of carbonyl (C=O) groups is 1. The van der Waals surface area contributed by atoms with Gasteiger partial charge in [-0.3, -0.25) is 4.79 Å². The van der Waals surface area contributed by atoms with Crippen LogP contribution in [-0.4, -0.2) is 10.8 Å². The van der Waals surface area contributed by atoms with Crippen molar-refractivity contribution in [2.75, 3.05) is 0 Å². The number of rotatable bonds is 2. The third-order valence-corrected chi connectivity index (χ3v) is 4.52. The highest BCUT2D eigenvalue weighted by molar-refractivity contribution is 9.10. The van der Waals surface area contributed by atoms with E-state index in [0.717, 1.165) is 10.9 Å². The van der Waals surface area contributed by atoms with Crippen molar-refractivity contribution in [1.29, 1.82) is 0 Å². The highest BCUT2D eigenvalue weighted by atomic mass is 79.9. The van der Waals surface area contributed by atoms with Gasteiger partial charge in [0.15, 0.2) is 5.78 Å². The molecule has 0 bridgehead atoms. The lowest BCUT2D eigenvalue weighted by Crippen LogP contribution is -2.00. The van der Waals surface area contributed by atoms with E-state index in [4.69, 9.17) is 23.2 Å². The van der Waals surface area contributed by atoms with Crippen molar-refractivity contribution in [3.05, 3.63) is 68.2 Å². The van der Waals surface area contributed by atoms with E-state index in [0.29, 0.717) is 25.6 Å². The van der Waals surface area contributed by atoms with Crippen LogP contribution in [0.2, 0.25) is 10.0 Å². The Bertz CT molecular complexity index is 826. The first-order valence-corrected chi connectivity index (χ1v) is 7.37. The van der Waals surface area contributed by atoms with Gasteiger partial charge in [0.25, 0.3) is 0 Å². The minimum absolute atomic E-state index is 0.0733. The summed E-state index contributed by atoms with van der Waals surface area (Å²) in [6.45, 7) is 0. The molecule has 20 heavy (non-hydrogen) atoms. The fourth-order valence-electron chi connectivity index (χ4n) is 2.07. The number of hydrogen-bond donors (Lipinski definition) is 1. The summed E-state index contributed by atoms with van der Waals surface area (Å²) in [6, 6.07) is 10.5. The Hall–Kier alpha value is -1.29. The van der Waals surface area contributed by atoms with Gasteiger partial charge in [-0.05, 0) is 52.3 Å². The number of H-pyrrole nitrogens is 1. The molecule has 1 N–H and O–H groups in total. The number of aromatic amines is 1. The Morgan fingerprint density at radius 3 is 2.65 bits per heavy atom. The number of ketones is 1. The number of fused-ring (bicyclic) bond motifs is 1. The van der Waals surface area contributed by atoms with Gasteiger partial charge in [0.05, 0.1) is 5.02 Å². The minimum atomic E-state index is -0.0733. The Morgan fingerprint density at radius 1 is 1.10 bits per heavy atom. The highest BCUT2D eigenvalue weighted by Gasteiger charge is 2.15. The maximum atomic E-state index is 12.6. The largest absolute Gasteiger partial charge is 0.360 e. The van der Waals surface area contributed by atoms with E-state index < -0.39 is 0 Å². The molecule has 0 atom stereocenters. The van der Waals surface area contributed by atoms with Gasteiger partial charge in [-0.15, -0.1) is 0 Å². The summed E-state index contributed by atoms with van der Waals surface area (Å²) in [5.41, 5.74) is 2.05. The number of hydrogen-bond acceptors (Lipinski definition) is 1. The molecule has 0 saturated carbocycles. The van der Waals surface area contributed by atoms with Gasteiger partial charge < -0.3 is 4.98 Å². The highest BCUT2D eigenvalue weighted by Crippen LogP contribution is 2.27. The molecule has 0 spiro atoms. The fraction of sp³-hybridized carbons (Fsp3) is 0. The van der Waals surface area contributed by atoms with Gasteiger partial charge in [-0.2, -0.15) is 0 Å². The first-order valence-electron chi connectivity index (χ1n) is 5.82. The molecule has 100 valence electrons. The average molecular weight is 369 g/mol. The number of halogens is 3. The monoisotopic (exact) mass is 367 g/mol. The van der Waals surface area contributed by atoms with Crippen LogP contribution in [0.3, 0.4) is 0 Å². The molecule has 0 aliphatic rings. The smallest absolute Gasteiger partial charge is 0.195 e. The maximum absolute atomic E-state index is 12.6. The van der Waals surface area contributed by atoms with Crippen molar-refractivity contribution in [3.8, 4) is 0 Å². The van der Waals surface area contributed by atoms with Crippen molar-refractivity contribution < 1.29 is 4.79 Å². The van der Waals surface area contributed by atoms with Crippen LogP contribution in [0.5, 0.6) is 0 Å². The molecule has 3 rings (SSSR count). The van der Waals surface area contributed by atoms with Crippen LogP contribution in [0.25, 0.3) is 10.9 Å². The van der Waals surface area contributed by atoms with E-state index in [1.807, 2.05) is 6.07 Å². The normalized spacial score (nSPS) is 10.9. The molecule has 0 amide bonds. The summed E-state index contributed by atoms with van der Waals surface area (Å²) >= 11 is 15.3. The molecule has 1 aromatic heterocycles. The Kier molecular flexibility index (Phi) is 3.59. The fourth-order valence-corrected chi connectivity index (χ4v) is 2.74. The Morgan fingerprint density at radius 2 is 1.90 bits per heavy atom. The maximum Gasteiger partial charge on any atom is 0.195 e. The first kappa shape index (κ1) is 13.7. The second-order valence-corrected chi connectivity index (χ2v) is 6.05. The first-order chi connectivity index (χ1) is 9.56. The molecular weight excluding hydrogens is 361 g/mol. The topological polar surface area (TPSA) is 32.9 Å². The summed E-state index contributed by atoms with van der Waals surface area (Å²) in [7, 11) is 0. The number of benzene rings is 2. The lowest BCUT2D eigenvalue weighted by atomic mass is 10.0. The molecule has 0 aliphatic heterocycles. The van der Waals surface area contributed by atoms with E-state index in [1.165, 1.54) is 0 Å². The second-order valence-electron chi connectivity index (χ2n) is 4.35. The van der Waals surface area contributed by atoms with Crippen molar-refractivity contribution in [1.82, 2.24) is 4.98 Å². The van der Waals surface area contributed by atoms with Crippen molar-refractivity contribution in [2.24, 2.45) is 0 Å². The Labute approximate surface area is 133 Å². The molecule has 1 heterocycles. The van der Waals surface area contributed by atoms with Crippen LogP contribution in [0.1, 0.15) is 15.9 Å². The number of aromatic nitrogens is 1. The van der Waals surface area contributed by atoms with E-state index in [9.17, 15) is 4.79 Å². The molecule has 0 fully saturated rings. The van der Waals surface area contributed by atoms with Gasteiger partial charge in [0.1, 0.15) is 0 Å². The van der Waals surface area contributed by atoms with Crippen molar-refractivity contribution >= 4 is 55.8 Å². The van der Waals surface area contributed by atoms with Gasteiger partial charge >= 0.3 is 0 Å². The minimum Gasteiger partial charge on any atom is -0.360 e. The summed E-state index contributed by atoms with van der Waals surface area (Å²) < 4.78 is 0.697. The van der Waals surface area contributed by atoms with Crippen LogP contribution in [0.4, 0.5) is 0 Å². The molecular formula is C15H8BrCl2NO. The van der Waals surface area contributed by atoms with E-state index in [1.54, 1.807) is 36.5 Å². The summed E-state index contributed by atoms with van der Waals surface area (Å²) in [6.07, 6.45) is 1.70. The van der Waals surface area contributed by atoms with Gasteiger partial charge in [0.2, 0.25) is 0 Å². The van der Waals surface area contributed by atoms with Crippen LogP contribution in [0.15, 0.2) is 47.1 Å². The third-order valence-electron chi connectivity index (χ3n) is 3.07. The molecule has 0 radical (unpaired) electrons. The lowest BCUT2D eigenvalue weighted by Gasteiger charge is -2.02.